The van der Waals surface area contributed by atoms with Crippen molar-refractivity contribution in [3.63, 3.8) is 0 Å². The van der Waals surface area contributed by atoms with Crippen LogP contribution in [0.5, 0.6) is 5.75 Å². The second-order valence-electron chi connectivity index (χ2n) is 9.05. The van der Waals surface area contributed by atoms with Crippen molar-refractivity contribution in [3.05, 3.63) is 114 Å². The smallest absolute Gasteiger partial charge is 0.264 e. The van der Waals surface area contributed by atoms with Gasteiger partial charge in [0.1, 0.15) is 18.1 Å². The van der Waals surface area contributed by atoms with Crippen LogP contribution < -0.4 is 19.8 Å². The minimum Gasteiger partial charge on any atom is -0.484 e. The van der Waals surface area contributed by atoms with Crippen LogP contribution in [0.2, 0.25) is 0 Å². The first-order valence-corrected chi connectivity index (χ1v) is 14.2. The average molecular weight is 575 g/mol. The van der Waals surface area contributed by atoms with E-state index in [2.05, 4.69) is 15.8 Å². The Morgan fingerprint density at radius 1 is 0.927 bits per heavy atom. The zero-order valence-electron chi connectivity index (χ0n) is 22.6. The quantitative estimate of drug-likeness (QED) is 0.195. The van der Waals surface area contributed by atoms with Gasteiger partial charge in [-0.3, -0.25) is 13.9 Å². The van der Waals surface area contributed by atoms with Gasteiger partial charge in [0.15, 0.2) is 6.61 Å². The Balaban J connectivity index is 1.35. The molecule has 0 unspecified atom stereocenters. The number of carbonyl (C=O) groups excluding carboxylic acids is 2. The molecule has 0 aliphatic carbocycles. The van der Waals surface area contributed by atoms with Crippen LogP contribution in [-0.4, -0.2) is 39.6 Å². The Kier molecular flexibility index (Phi) is 9.54. The molecule has 0 bridgehead atoms. The molecule has 3 aromatic carbocycles. The van der Waals surface area contributed by atoms with E-state index in [4.69, 9.17) is 9.15 Å². The van der Waals surface area contributed by atoms with Crippen molar-refractivity contribution < 1.29 is 27.2 Å². The van der Waals surface area contributed by atoms with E-state index < -0.39 is 22.5 Å². The van der Waals surface area contributed by atoms with Gasteiger partial charge in [-0.1, -0.05) is 30.3 Å². The van der Waals surface area contributed by atoms with Gasteiger partial charge in [0, 0.05) is 0 Å². The maximum atomic E-state index is 13.5. The lowest BCUT2D eigenvalue weighted by molar-refractivity contribution is -0.123. The molecule has 1 heterocycles. The number of benzene rings is 3. The van der Waals surface area contributed by atoms with E-state index in [1.165, 1.54) is 24.6 Å². The van der Waals surface area contributed by atoms with Crippen LogP contribution in [0.25, 0.3) is 0 Å². The molecule has 0 radical (unpaired) electrons. The normalized spacial score (nSPS) is 11.3. The molecule has 10 nitrogen and oxygen atoms in total. The molecule has 0 aliphatic rings. The maximum Gasteiger partial charge on any atom is 0.264 e. The highest BCUT2D eigenvalue weighted by Gasteiger charge is 2.28. The lowest BCUT2D eigenvalue weighted by Crippen LogP contribution is -2.40. The molecule has 1 aromatic heterocycles. The summed E-state index contributed by atoms with van der Waals surface area (Å²) in [4.78, 5) is 24.9. The van der Waals surface area contributed by atoms with Gasteiger partial charge in [0.2, 0.25) is 0 Å². The highest BCUT2D eigenvalue weighted by molar-refractivity contribution is 7.92. The molecule has 0 atom stereocenters. The van der Waals surface area contributed by atoms with Gasteiger partial charge in [-0.05, 0) is 85.1 Å². The molecular weight excluding hydrogens is 544 g/mol. The van der Waals surface area contributed by atoms with E-state index in [0.717, 1.165) is 15.4 Å². The van der Waals surface area contributed by atoms with E-state index in [9.17, 15) is 18.0 Å². The van der Waals surface area contributed by atoms with Crippen molar-refractivity contribution in [2.45, 2.75) is 25.3 Å². The second kappa shape index (κ2) is 13.4. The summed E-state index contributed by atoms with van der Waals surface area (Å²) in [5.41, 5.74) is 5.12. The van der Waals surface area contributed by atoms with E-state index in [1.54, 1.807) is 66.7 Å². The lowest BCUT2D eigenvalue weighted by Gasteiger charge is -2.26. The fourth-order valence-electron chi connectivity index (χ4n) is 3.82. The molecular formula is C30H30N4O6S. The number of carbonyl (C=O) groups is 2. The summed E-state index contributed by atoms with van der Waals surface area (Å²) < 4.78 is 38.8. The van der Waals surface area contributed by atoms with Crippen LogP contribution in [0.3, 0.4) is 0 Å². The summed E-state index contributed by atoms with van der Waals surface area (Å²) in [6, 6.07) is 23.5. The Morgan fingerprint density at radius 2 is 1.68 bits per heavy atom. The van der Waals surface area contributed by atoms with Crippen LogP contribution in [0.15, 0.2) is 106 Å². The molecule has 0 fully saturated rings. The summed E-state index contributed by atoms with van der Waals surface area (Å²) in [7, 11) is -4.02. The zero-order valence-corrected chi connectivity index (χ0v) is 23.4. The number of amides is 2. The van der Waals surface area contributed by atoms with E-state index in [0.29, 0.717) is 22.8 Å². The fraction of sp³-hybridized carbons (Fsp3) is 0.167. The van der Waals surface area contributed by atoms with Gasteiger partial charge in [-0.25, -0.2) is 13.8 Å². The van der Waals surface area contributed by atoms with Gasteiger partial charge in [-0.2, -0.15) is 5.10 Å². The van der Waals surface area contributed by atoms with Crippen molar-refractivity contribution in [1.29, 1.82) is 0 Å². The van der Waals surface area contributed by atoms with Gasteiger partial charge in [0.05, 0.1) is 29.6 Å². The van der Waals surface area contributed by atoms with Gasteiger partial charge in [0.25, 0.3) is 21.8 Å². The standard InChI is InChI=1S/C30H30N4O6S/c1-22-8-6-12-28(23(22)2)34(41(37,38)27-10-4-3-5-11-27)20-29(35)33-32-18-24-13-15-25(16-14-24)40-21-30(36)31-19-26-9-7-17-39-26/h3-18H,19-21H2,1-2H3,(H,31,36)(H,33,35)/b32-18+. The zero-order chi connectivity index (χ0) is 29.2. The third-order valence-electron chi connectivity index (χ3n) is 6.16. The SMILES string of the molecule is Cc1cccc(N(CC(=O)N/N=C/c2ccc(OCC(=O)NCc3ccco3)cc2)S(=O)(=O)c2ccccc2)c1C. The molecule has 0 spiro atoms. The Morgan fingerprint density at radius 3 is 2.39 bits per heavy atom. The molecule has 2 amide bonds. The Labute approximate surface area is 238 Å². The number of anilines is 1. The number of hydrogen-bond donors (Lipinski definition) is 2. The van der Waals surface area contributed by atoms with Gasteiger partial charge >= 0.3 is 0 Å². The highest BCUT2D eigenvalue weighted by Crippen LogP contribution is 2.28. The topological polar surface area (TPSA) is 130 Å². The number of nitrogens with zero attached hydrogens (tertiary/aromatic N) is 2. The number of aryl methyl sites for hydroxylation is 1. The van der Waals surface area contributed by atoms with Crippen LogP contribution in [-0.2, 0) is 26.2 Å². The predicted octanol–water partition coefficient (Wildman–Crippen LogP) is 3.94. The first-order chi connectivity index (χ1) is 19.7. The van der Waals surface area contributed by atoms with Crippen LogP contribution in [0.4, 0.5) is 5.69 Å². The fourth-order valence-corrected chi connectivity index (χ4v) is 5.32. The van der Waals surface area contributed by atoms with Crippen molar-refractivity contribution in [2.24, 2.45) is 5.10 Å². The number of sulfonamides is 1. The summed E-state index contributed by atoms with van der Waals surface area (Å²) >= 11 is 0. The summed E-state index contributed by atoms with van der Waals surface area (Å²) in [6.07, 6.45) is 2.96. The average Bonchev–Trinajstić information content (AvgIpc) is 3.50. The molecule has 0 saturated heterocycles. The second-order valence-corrected chi connectivity index (χ2v) is 10.9. The third kappa shape index (κ3) is 7.83. The largest absolute Gasteiger partial charge is 0.484 e. The minimum atomic E-state index is -4.02. The highest BCUT2D eigenvalue weighted by atomic mass is 32.2. The van der Waals surface area contributed by atoms with Crippen molar-refractivity contribution >= 4 is 33.7 Å². The molecule has 4 aromatic rings. The molecule has 11 heteroatoms. The Hall–Kier alpha value is -4.90. The first kappa shape index (κ1) is 29.1. The van der Waals surface area contributed by atoms with Gasteiger partial charge in [-0.15, -0.1) is 0 Å². The molecule has 0 aliphatic heterocycles. The maximum absolute atomic E-state index is 13.5. The summed E-state index contributed by atoms with van der Waals surface area (Å²) in [5, 5.41) is 6.67. The summed E-state index contributed by atoms with van der Waals surface area (Å²) in [5.74, 6) is 0.223. The number of rotatable bonds is 12. The monoisotopic (exact) mass is 574 g/mol. The van der Waals surface area contributed by atoms with E-state index >= 15 is 0 Å². The minimum absolute atomic E-state index is 0.0783. The first-order valence-electron chi connectivity index (χ1n) is 12.7. The molecule has 41 heavy (non-hydrogen) atoms. The predicted molar refractivity (Wildman–Crippen MR) is 155 cm³/mol. The van der Waals surface area contributed by atoms with E-state index in [1.807, 2.05) is 19.9 Å². The molecule has 2 N–H and O–H groups in total. The summed E-state index contributed by atoms with van der Waals surface area (Å²) in [6.45, 7) is 3.34. The number of hydrazone groups is 1. The number of nitrogens with one attached hydrogen (secondary N) is 2. The number of ether oxygens (including phenoxy) is 1. The van der Waals surface area contributed by atoms with Crippen molar-refractivity contribution in [2.75, 3.05) is 17.5 Å². The van der Waals surface area contributed by atoms with Crippen molar-refractivity contribution in [1.82, 2.24) is 10.7 Å². The van der Waals surface area contributed by atoms with Gasteiger partial charge < -0.3 is 14.5 Å². The van der Waals surface area contributed by atoms with Crippen LogP contribution in [0, 0.1) is 13.8 Å². The Bertz CT molecular complexity index is 1600. The third-order valence-corrected chi connectivity index (χ3v) is 7.93. The number of furan rings is 1. The van der Waals surface area contributed by atoms with Crippen LogP contribution >= 0.6 is 0 Å². The number of hydrogen-bond acceptors (Lipinski definition) is 7. The lowest BCUT2D eigenvalue weighted by atomic mass is 10.1. The molecule has 212 valence electrons. The molecule has 4 rings (SSSR count). The molecule has 0 saturated carbocycles. The van der Waals surface area contributed by atoms with Crippen LogP contribution in [0.1, 0.15) is 22.5 Å². The van der Waals surface area contributed by atoms with E-state index in [-0.39, 0.29) is 24.0 Å². The van der Waals surface area contributed by atoms with Crippen molar-refractivity contribution in [3.8, 4) is 5.75 Å².